The highest BCUT2D eigenvalue weighted by atomic mass is 79.9. The van der Waals surface area contributed by atoms with Crippen molar-refractivity contribution in [1.29, 1.82) is 0 Å². The van der Waals surface area contributed by atoms with Crippen LogP contribution in [0, 0.1) is 13.8 Å². The summed E-state index contributed by atoms with van der Waals surface area (Å²) in [6.07, 6.45) is 1.84. The van der Waals surface area contributed by atoms with Gasteiger partial charge in [-0.1, -0.05) is 57.9 Å². The minimum Gasteiger partial charge on any atom is -0.368 e. The summed E-state index contributed by atoms with van der Waals surface area (Å²) in [5.41, 5.74) is 11.1. The summed E-state index contributed by atoms with van der Waals surface area (Å²) < 4.78 is 2.82. The van der Waals surface area contributed by atoms with Crippen molar-refractivity contribution < 1.29 is 0 Å². The zero-order chi connectivity index (χ0) is 19.1. The van der Waals surface area contributed by atoms with E-state index >= 15 is 0 Å². The molecule has 0 aliphatic heterocycles. The van der Waals surface area contributed by atoms with E-state index in [-0.39, 0.29) is 11.1 Å². The summed E-state index contributed by atoms with van der Waals surface area (Å²) in [6.45, 7) is 4.48. The summed E-state index contributed by atoms with van der Waals surface area (Å²) in [5, 5.41) is 5.74. The third-order valence-corrected chi connectivity index (χ3v) is 5.93. The van der Waals surface area contributed by atoms with E-state index in [9.17, 15) is 0 Å². The number of nitrogens with zero attached hydrogens (tertiary/aromatic N) is 5. The lowest BCUT2D eigenvalue weighted by atomic mass is 10.1. The smallest absolute Gasteiger partial charge is 0.223 e. The fourth-order valence-corrected chi connectivity index (χ4v) is 3.60. The molecule has 6 nitrogen and oxygen atoms in total. The number of rotatable bonds is 3. The zero-order valence-electron chi connectivity index (χ0n) is 14.7. The normalized spacial score (nSPS) is 11.3. The van der Waals surface area contributed by atoms with Gasteiger partial charge in [-0.25, -0.2) is 9.67 Å². The number of hydrogen-bond donors (Lipinski definition) is 1. The number of aromatic nitrogens is 5. The minimum absolute atomic E-state index is 0.114. The Kier molecular flexibility index (Phi) is 4.57. The summed E-state index contributed by atoms with van der Waals surface area (Å²) in [4.78, 5) is 13.1. The molecule has 0 aliphatic carbocycles. The topological polar surface area (TPSA) is 82.5 Å². The monoisotopic (exact) mass is 442 g/mol. The van der Waals surface area contributed by atoms with Crippen LogP contribution in [-0.4, -0.2) is 24.7 Å². The quantitative estimate of drug-likeness (QED) is 0.470. The lowest BCUT2D eigenvalue weighted by Gasteiger charge is -2.09. The van der Waals surface area contributed by atoms with Crippen LogP contribution in [0.1, 0.15) is 16.8 Å². The average Bonchev–Trinajstić information content (AvgIpc) is 3.01. The van der Waals surface area contributed by atoms with Crippen LogP contribution in [0.5, 0.6) is 0 Å². The molecule has 0 bridgehead atoms. The van der Waals surface area contributed by atoms with Crippen LogP contribution in [0.25, 0.3) is 22.3 Å². The SMILES string of the molecule is Cc1cnc(Cn2nc(-c3ccccc3)c3c(Cl)nc(N)nc32)c(C)c1Br. The van der Waals surface area contributed by atoms with Gasteiger partial charge in [-0.3, -0.25) is 4.98 Å². The lowest BCUT2D eigenvalue weighted by molar-refractivity contribution is 0.686. The van der Waals surface area contributed by atoms with Crippen LogP contribution < -0.4 is 5.73 Å². The van der Waals surface area contributed by atoms with Gasteiger partial charge in [-0.15, -0.1) is 0 Å². The van der Waals surface area contributed by atoms with Crippen LogP contribution >= 0.6 is 27.5 Å². The number of fused-ring (bicyclic) bond motifs is 1. The Hall–Kier alpha value is -2.51. The minimum atomic E-state index is 0.114. The van der Waals surface area contributed by atoms with E-state index in [4.69, 9.17) is 22.4 Å². The maximum atomic E-state index is 6.40. The second kappa shape index (κ2) is 6.90. The highest BCUT2D eigenvalue weighted by Crippen LogP contribution is 2.32. The molecule has 4 rings (SSSR count). The first-order valence-corrected chi connectivity index (χ1v) is 9.48. The molecule has 0 atom stereocenters. The Labute approximate surface area is 169 Å². The molecule has 8 heteroatoms. The summed E-state index contributed by atoms with van der Waals surface area (Å²) in [5.74, 6) is 0.114. The standard InChI is InChI=1S/C19H16BrClN6/c1-10-8-23-13(11(2)15(10)20)9-27-18-14(17(21)24-19(22)25-18)16(26-27)12-6-4-3-5-7-12/h3-8H,9H2,1-2H3,(H2,22,24,25). The molecule has 27 heavy (non-hydrogen) atoms. The number of benzene rings is 1. The largest absolute Gasteiger partial charge is 0.368 e. The van der Waals surface area contributed by atoms with E-state index in [0.29, 0.717) is 17.6 Å². The van der Waals surface area contributed by atoms with Gasteiger partial charge < -0.3 is 5.73 Å². The van der Waals surface area contributed by atoms with Crippen molar-refractivity contribution in [3.8, 4) is 11.3 Å². The first kappa shape index (κ1) is 17.9. The molecule has 0 radical (unpaired) electrons. The molecule has 136 valence electrons. The Morgan fingerprint density at radius 2 is 1.89 bits per heavy atom. The Morgan fingerprint density at radius 1 is 1.15 bits per heavy atom. The number of nitrogen functional groups attached to an aromatic ring is 1. The van der Waals surface area contributed by atoms with Crippen LogP contribution in [0.3, 0.4) is 0 Å². The van der Waals surface area contributed by atoms with Gasteiger partial charge in [0.1, 0.15) is 10.8 Å². The zero-order valence-corrected chi connectivity index (χ0v) is 17.1. The predicted molar refractivity (Wildman–Crippen MR) is 111 cm³/mol. The first-order valence-electron chi connectivity index (χ1n) is 8.31. The lowest BCUT2D eigenvalue weighted by Crippen LogP contribution is -2.08. The van der Waals surface area contributed by atoms with Gasteiger partial charge in [-0.05, 0) is 25.0 Å². The van der Waals surface area contributed by atoms with Crippen molar-refractivity contribution in [2.24, 2.45) is 0 Å². The second-order valence-electron chi connectivity index (χ2n) is 6.27. The van der Waals surface area contributed by atoms with E-state index in [0.717, 1.165) is 32.6 Å². The van der Waals surface area contributed by atoms with E-state index in [1.807, 2.05) is 50.4 Å². The fraction of sp³-hybridized carbons (Fsp3) is 0.158. The average molecular weight is 444 g/mol. The highest BCUT2D eigenvalue weighted by Gasteiger charge is 2.19. The Morgan fingerprint density at radius 3 is 2.63 bits per heavy atom. The van der Waals surface area contributed by atoms with Gasteiger partial charge in [0, 0.05) is 16.2 Å². The summed E-state index contributed by atoms with van der Waals surface area (Å²) in [6, 6.07) is 9.81. The van der Waals surface area contributed by atoms with Gasteiger partial charge in [0.2, 0.25) is 5.95 Å². The molecular formula is C19H16BrClN6. The van der Waals surface area contributed by atoms with E-state index in [2.05, 4.69) is 30.9 Å². The van der Waals surface area contributed by atoms with E-state index < -0.39 is 0 Å². The maximum Gasteiger partial charge on any atom is 0.223 e. The van der Waals surface area contributed by atoms with Crippen LogP contribution in [0.4, 0.5) is 5.95 Å². The number of halogens is 2. The molecule has 0 saturated carbocycles. The number of anilines is 1. The molecule has 1 aromatic carbocycles. The van der Waals surface area contributed by atoms with Gasteiger partial charge >= 0.3 is 0 Å². The molecule has 0 saturated heterocycles. The number of nitrogens with two attached hydrogens (primary N) is 1. The third-order valence-electron chi connectivity index (χ3n) is 4.43. The van der Waals surface area contributed by atoms with Gasteiger partial charge in [-0.2, -0.15) is 10.1 Å². The second-order valence-corrected chi connectivity index (χ2v) is 7.42. The third kappa shape index (κ3) is 3.17. The predicted octanol–water partition coefficient (Wildman–Crippen LogP) is 4.55. The van der Waals surface area contributed by atoms with Gasteiger partial charge in [0.15, 0.2) is 5.65 Å². The van der Waals surface area contributed by atoms with Crippen LogP contribution in [0.2, 0.25) is 5.15 Å². The summed E-state index contributed by atoms with van der Waals surface area (Å²) >= 11 is 10.0. The van der Waals surface area contributed by atoms with Crippen molar-refractivity contribution >= 4 is 44.5 Å². The van der Waals surface area contributed by atoms with Crippen molar-refractivity contribution in [1.82, 2.24) is 24.7 Å². The Bertz CT molecular complexity index is 1160. The molecule has 3 heterocycles. The number of aryl methyl sites for hydroxylation is 1. The van der Waals surface area contributed by atoms with Gasteiger partial charge in [0.05, 0.1) is 17.6 Å². The van der Waals surface area contributed by atoms with Crippen LogP contribution in [0.15, 0.2) is 41.0 Å². The van der Waals surface area contributed by atoms with E-state index in [1.54, 1.807) is 4.68 Å². The Balaban J connectivity index is 1.93. The maximum absolute atomic E-state index is 6.40. The molecule has 3 aromatic heterocycles. The van der Waals surface area contributed by atoms with Crippen molar-refractivity contribution in [2.45, 2.75) is 20.4 Å². The molecule has 0 unspecified atom stereocenters. The van der Waals surface area contributed by atoms with Crippen molar-refractivity contribution in [2.75, 3.05) is 5.73 Å². The molecule has 0 spiro atoms. The number of hydrogen-bond acceptors (Lipinski definition) is 5. The number of pyridine rings is 1. The molecule has 2 N–H and O–H groups in total. The highest BCUT2D eigenvalue weighted by molar-refractivity contribution is 9.10. The molecule has 0 amide bonds. The van der Waals surface area contributed by atoms with Crippen molar-refractivity contribution in [3.63, 3.8) is 0 Å². The molecule has 4 aromatic rings. The van der Waals surface area contributed by atoms with E-state index in [1.165, 1.54) is 0 Å². The molecule has 0 aliphatic rings. The molecule has 0 fully saturated rings. The van der Waals surface area contributed by atoms with Crippen molar-refractivity contribution in [3.05, 3.63) is 63.0 Å². The fourth-order valence-electron chi connectivity index (χ4n) is 3.01. The summed E-state index contributed by atoms with van der Waals surface area (Å²) in [7, 11) is 0. The molecular weight excluding hydrogens is 428 g/mol. The van der Waals surface area contributed by atoms with Crippen LogP contribution in [-0.2, 0) is 6.54 Å². The first-order chi connectivity index (χ1) is 13.0. The van der Waals surface area contributed by atoms with Gasteiger partial charge in [0.25, 0.3) is 0 Å².